The van der Waals surface area contributed by atoms with Crippen LogP contribution in [0.5, 0.6) is 0 Å². The second-order valence-corrected chi connectivity index (χ2v) is 6.89. The van der Waals surface area contributed by atoms with Crippen molar-refractivity contribution >= 4 is 18.3 Å². The van der Waals surface area contributed by atoms with Crippen LogP contribution < -0.4 is 5.32 Å². The summed E-state index contributed by atoms with van der Waals surface area (Å²) in [5.74, 6) is -2.52. The number of nitrogens with zero attached hydrogens (tertiary/aromatic N) is 1. The number of benzene rings is 2. The molecule has 7 heteroatoms. The molecule has 0 aromatic heterocycles. The van der Waals surface area contributed by atoms with Crippen molar-refractivity contribution in [3.63, 3.8) is 0 Å². The van der Waals surface area contributed by atoms with E-state index in [1.165, 1.54) is 30.3 Å². The molecule has 4 rings (SSSR count). The Bertz CT molecular complexity index is 827. The molecule has 0 spiro atoms. The fourth-order valence-corrected chi connectivity index (χ4v) is 3.84. The van der Waals surface area contributed by atoms with Crippen LogP contribution in [0.2, 0.25) is 0 Å². The molecule has 1 amide bonds. The molecule has 1 saturated carbocycles. The van der Waals surface area contributed by atoms with E-state index in [0.717, 1.165) is 5.56 Å². The van der Waals surface area contributed by atoms with Gasteiger partial charge in [-0.3, -0.25) is 4.79 Å². The Hall–Kier alpha value is -2.05. The summed E-state index contributed by atoms with van der Waals surface area (Å²) in [4.78, 5) is 14.7. The average molecular weight is 397 g/mol. The molecular weight excluding hydrogens is 377 g/mol. The topological polar surface area (TPSA) is 32.3 Å². The molecule has 1 heterocycles. The zero-order chi connectivity index (χ0) is 18.3. The van der Waals surface area contributed by atoms with Crippen LogP contribution >= 0.6 is 12.4 Å². The number of hydrogen-bond donors (Lipinski definition) is 1. The van der Waals surface area contributed by atoms with Gasteiger partial charge in [0, 0.05) is 37.0 Å². The van der Waals surface area contributed by atoms with Gasteiger partial charge in [-0.1, -0.05) is 18.2 Å². The van der Waals surface area contributed by atoms with Crippen LogP contribution in [0, 0.1) is 23.4 Å². The first-order chi connectivity index (χ1) is 12.6. The van der Waals surface area contributed by atoms with Crippen molar-refractivity contribution in [2.24, 2.45) is 5.92 Å². The Balaban J connectivity index is 0.00000210. The number of nitrogens with one attached hydrogen (secondary N) is 1. The number of carbonyl (C=O) groups is 1. The van der Waals surface area contributed by atoms with Crippen LogP contribution in [-0.4, -0.2) is 30.4 Å². The maximum absolute atomic E-state index is 14.0. The van der Waals surface area contributed by atoms with Gasteiger partial charge in [0.05, 0.1) is 6.04 Å². The van der Waals surface area contributed by atoms with E-state index < -0.39 is 23.5 Å². The Kier molecular flexibility index (Phi) is 5.77. The Morgan fingerprint density at radius 1 is 1.07 bits per heavy atom. The second-order valence-electron chi connectivity index (χ2n) is 6.89. The van der Waals surface area contributed by atoms with E-state index in [2.05, 4.69) is 5.32 Å². The van der Waals surface area contributed by atoms with E-state index in [0.29, 0.717) is 26.1 Å². The summed E-state index contributed by atoms with van der Waals surface area (Å²) < 4.78 is 41.6. The number of carbonyl (C=O) groups excluding carboxylic acids is 1. The molecule has 2 fully saturated rings. The van der Waals surface area contributed by atoms with Gasteiger partial charge in [0.25, 0.3) is 0 Å². The van der Waals surface area contributed by atoms with Gasteiger partial charge in [-0.2, -0.15) is 0 Å². The van der Waals surface area contributed by atoms with Crippen LogP contribution in [0.1, 0.15) is 29.5 Å². The number of hydrogen-bond acceptors (Lipinski definition) is 2. The van der Waals surface area contributed by atoms with E-state index in [9.17, 15) is 18.0 Å². The standard InChI is InChI=1S/C20H19F3N2O.ClH/c21-13-4-1-3-12(9-13)18-11-24-7-8-25(18)20(26)15-10-14(15)19-16(22)5-2-6-17(19)23;/h1-6,9,14-15,18,24H,7-8,10-11H2;1H. The van der Waals surface area contributed by atoms with Crippen LogP contribution in [0.15, 0.2) is 42.5 Å². The summed E-state index contributed by atoms with van der Waals surface area (Å²) in [6.45, 7) is 1.66. The Morgan fingerprint density at radius 2 is 1.78 bits per heavy atom. The normalized spacial score (nSPS) is 24.3. The largest absolute Gasteiger partial charge is 0.333 e. The van der Waals surface area contributed by atoms with Crippen molar-refractivity contribution in [1.29, 1.82) is 0 Å². The summed E-state index contributed by atoms with van der Waals surface area (Å²) in [5.41, 5.74) is 0.725. The third kappa shape index (κ3) is 3.82. The lowest BCUT2D eigenvalue weighted by Gasteiger charge is -2.37. The predicted octanol–water partition coefficient (Wildman–Crippen LogP) is 3.80. The maximum Gasteiger partial charge on any atom is 0.226 e. The molecule has 1 aliphatic heterocycles. The van der Waals surface area contributed by atoms with Gasteiger partial charge in [0.1, 0.15) is 17.5 Å². The minimum atomic E-state index is -0.604. The van der Waals surface area contributed by atoms with Crippen LogP contribution in [-0.2, 0) is 4.79 Å². The molecular formula is C20H20ClF3N2O. The summed E-state index contributed by atoms with van der Waals surface area (Å²) in [6.07, 6.45) is 0.441. The monoisotopic (exact) mass is 396 g/mol. The smallest absolute Gasteiger partial charge is 0.226 e. The highest BCUT2D eigenvalue weighted by Crippen LogP contribution is 2.50. The van der Waals surface area contributed by atoms with Crippen molar-refractivity contribution in [3.05, 3.63) is 71.0 Å². The van der Waals surface area contributed by atoms with Crippen LogP contribution in [0.25, 0.3) is 0 Å². The molecule has 0 radical (unpaired) electrons. The number of piperazine rings is 1. The molecule has 1 aliphatic carbocycles. The van der Waals surface area contributed by atoms with Crippen molar-refractivity contribution in [2.45, 2.75) is 18.4 Å². The summed E-state index contributed by atoms with van der Waals surface area (Å²) in [5, 5.41) is 3.22. The molecule has 3 unspecified atom stereocenters. The fraction of sp³-hybridized carbons (Fsp3) is 0.350. The molecule has 2 aromatic rings. The van der Waals surface area contributed by atoms with Gasteiger partial charge < -0.3 is 10.2 Å². The zero-order valence-electron chi connectivity index (χ0n) is 14.5. The molecule has 27 heavy (non-hydrogen) atoms. The lowest BCUT2D eigenvalue weighted by atomic mass is 10.0. The Labute approximate surface area is 162 Å². The highest BCUT2D eigenvalue weighted by molar-refractivity contribution is 5.85. The molecule has 2 aromatic carbocycles. The molecule has 144 valence electrons. The maximum atomic E-state index is 14.0. The third-order valence-electron chi connectivity index (χ3n) is 5.24. The minimum Gasteiger partial charge on any atom is -0.333 e. The van der Waals surface area contributed by atoms with Crippen molar-refractivity contribution < 1.29 is 18.0 Å². The van der Waals surface area contributed by atoms with Gasteiger partial charge >= 0.3 is 0 Å². The number of amides is 1. The lowest BCUT2D eigenvalue weighted by Crippen LogP contribution is -2.49. The van der Waals surface area contributed by atoms with Gasteiger partial charge in [0.2, 0.25) is 5.91 Å². The quantitative estimate of drug-likeness (QED) is 0.855. The lowest BCUT2D eigenvalue weighted by molar-refractivity contribution is -0.136. The van der Waals surface area contributed by atoms with E-state index in [-0.39, 0.29) is 35.7 Å². The van der Waals surface area contributed by atoms with E-state index in [4.69, 9.17) is 0 Å². The van der Waals surface area contributed by atoms with Gasteiger partial charge in [-0.15, -0.1) is 12.4 Å². The number of rotatable bonds is 3. The van der Waals surface area contributed by atoms with Crippen molar-refractivity contribution in [3.8, 4) is 0 Å². The molecule has 0 bridgehead atoms. The third-order valence-corrected chi connectivity index (χ3v) is 5.24. The predicted molar refractivity (Wildman–Crippen MR) is 98.2 cm³/mol. The zero-order valence-corrected chi connectivity index (χ0v) is 15.3. The summed E-state index contributed by atoms with van der Waals surface area (Å²) in [7, 11) is 0. The van der Waals surface area contributed by atoms with Crippen LogP contribution in [0.3, 0.4) is 0 Å². The fourth-order valence-electron chi connectivity index (χ4n) is 3.84. The highest BCUT2D eigenvalue weighted by Gasteiger charge is 2.49. The first-order valence-electron chi connectivity index (χ1n) is 8.77. The van der Waals surface area contributed by atoms with Crippen molar-refractivity contribution in [2.75, 3.05) is 19.6 Å². The molecule has 2 aliphatic rings. The number of halogens is 4. The SMILES string of the molecule is Cl.O=C(C1CC1c1c(F)cccc1F)N1CCNCC1c1cccc(F)c1. The van der Waals surface area contributed by atoms with Crippen LogP contribution in [0.4, 0.5) is 13.2 Å². The first-order valence-corrected chi connectivity index (χ1v) is 8.77. The summed E-state index contributed by atoms with van der Waals surface area (Å²) in [6, 6.07) is 9.70. The molecule has 3 nitrogen and oxygen atoms in total. The van der Waals surface area contributed by atoms with E-state index >= 15 is 0 Å². The Morgan fingerprint density at radius 3 is 2.48 bits per heavy atom. The van der Waals surface area contributed by atoms with Gasteiger partial charge in [-0.05, 0) is 36.2 Å². The molecule has 3 atom stereocenters. The molecule has 1 N–H and O–H groups in total. The molecule has 1 saturated heterocycles. The average Bonchev–Trinajstić information content (AvgIpc) is 3.41. The van der Waals surface area contributed by atoms with E-state index in [1.54, 1.807) is 17.0 Å². The second kappa shape index (κ2) is 7.90. The van der Waals surface area contributed by atoms with Gasteiger partial charge in [0.15, 0.2) is 0 Å². The van der Waals surface area contributed by atoms with Crippen molar-refractivity contribution in [1.82, 2.24) is 10.2 Å². The van der Waals surface area contributed by atoms with E-state index in [1.807, 2.05) is 0 Å². The highest BCUT2D eigenvalue weighted by atomic mass is 35.5. The summed E-state index contributed by atoms with van der Waals surface area (Å²) >= 11 is 0. The van der Waals surface area contributed by atoms with Gasteiger partial charge in [-0.25, -0.2) is 13.2 Å². The first kappa shape index (κ1) is 19.7. The minimum absolute atomic E-state index is 0.